The van der Waals surface area contributed by atoms with E-state index in [0.29, 0.717) is 15.6 Å². The number of thioether (sulfide) groups is 2. The number of nitriles is 1. The summed E-state index contributed by atoms with van der Waals surface area (Å²) < 4.78 is 0. The van der Waals surface area contributed by atoms with Gasteiger partial charge in [0.25, 0.3) is 0 Å². The fourth-order valence-corrected chi connectivity index (χ4v) is 4.47. The van der Waals surface area contributed by atoms with Crippen LogP contribution in [0, 0.1) is 17.2 Å². The monoisotopic (exact) mass is 364 g/mol. The first-order valence-corrected chi connectivity index (χ1v) is 9.83. The fraction of sp³-hybridized carbons (Fsp3) is 0.353. The lowest BCUT2D eigenvalue weighted by molar-refractivity contribution is -0.119. The Labute approximate surface area is 150 Å². The average molecular weight is 365 g/mol. The molecule has 0 saturated heterocycles. The molecule has 1 unspecified atom stereocenters. The van der Waals surface area contributed by atoms with Crippen molar-refractivity contribution in [2.75, 3.05) is 11.3 Å². The van der Waals surface area contributed by atoms with Crippen LogP contribution >= 0.6 is 35.1 Å². The van der Waals surface area contributed by atoms with Crippen molar-refractivity contribution in [2.24, 2.45) is 10.9 Å². The predicted octanol–water partition coefficient (Wildman–Crippen LogP) is 4.89. The van der Waals surface area contributed by atoms with Gasteiger partial charge in [0.15, 0.2) is 0 Å². The van der Waals surface area contributed by atoms with Crippen LogP contribution in [0.25, 0.3) is 0 Å². The van der Waals surface area contributed by atoms with Gasteiger partial charge in [-0.15, -0.1) is 0 Å². The van der Waals surface area contributed by atoms with Crippen molar-refractivity contribution in [3.05, 3.63) is 45.5 Å². The van der Waals surface area contributed by atoms with Gasteiger partial charge in [0.2, 0.25) is 0 Å². The maximum absolute atomic E-state index is 12.2. The molecule has 6 heteroatoms. The van der Waals surface area contributed by atoms with Crippen molar-refractivity contribution < 1.29 is 4.79 Å². The van der Waals surface area contributed by atoms with E-state index in [-0.39, 0.29) is 11.7 Å². The highest BCUT2D eigenvalue weighted by Gasteiger charge is 2.38. The molecule has 0 aliphatic carbocycles. The normalized spacial score (nSPS) is 20.9. The number of Topliss-reactive ketones (excluding diaryl/α,β-unsaturated/α-hetero) is 1. The highest BCUT2D eigenvalue weighted by molar-refractivity contribution is 8.17. The predicted molar refractivity (Wildman–Crippen MR) is 100 cm³/mol. The molecule has 0 aromatic heterocycles. The Balaban J connectivity index is 2.63. The van der Waals surface area contributed by atoms with E-state index >= 15 is 0 Å². The van der Waals surface area contributed by atoms with Crippen LogP contribution in [0.2, 0.25) is 5.02 Å². The summed E-state index contributed by atoms with van der Waals surface area (Å²) in [5, 5.41) is 11.8. The number of rotatable bonds is 5. The second kappa shape index (κ2) is 8.05. The number of halogens is 1. The third kappa shape index (κ3) is 3.82. The molecular weight excluding hydrogens is 348 g/mol. The molecule has 0 saturated carbocycles. The van der Waals surface area contributed by atoms with Crippen molar-refractivity contribution in [3.8, 4) is 6.07 Å². The summed E-state index contributed by atoms with van der Waals surface area (Å²) in [5.74, 6) is -0.811. The van der Waals surface area contributed by atoms with Crippen LogP contribution in [0.5, 0.6) is 0 Å². The molecule has 0 bridgehead atoms. The molecule has 2 atom stereocenters. The quantitative estimate of drug-likeness (QED) is 0.698. The van der Waals surface area contributed by atoms with Crippen molar-refractivity contribution in [1.29, 1.82) is 5.26 Å². The molecule has 0 amide bonds. The van der Waals surface area contributed by atoms with Crippen molar-refractivity contribution in [3.63, 3.8) is 0 Å². The second-order valence-corrected chi connectivity index (χ2v) is 7.82. The molecule has 1 heterocycles. The number of nitrogens with zero attached hydrogens (tertiary/aromatic N) is 2. The molecule has 1 aromatic carbocycles. The minimum Gasteiger partial charge on any atom is -0.299 e. The second-order valence-electron chi connectivity index (χ2n) is 5.22. The Morgan fingerprint density at radius 1 is 1.43 bits per heavy atom. The summed E-state index contributed by atoms with van der Waals surface area (Å²) in [6.07, 6.45) is 2.00. The molecule has 0 radical (unpaired) electrons. The summed E-state index contributed by atoms with van der Waals surface area (Å²) in [4.78, 5) is 16.8. The molecule has 1 aromatic rings. The van der Waals surface area contributed by atoms with Crippen LogP contribution in [0.15, 0.2) is 39.9 Å². The van der Waals surface area contributed by atoms with Crippen LogP contribution in [0.4, 0.5) is 0 Å². The van der Waals surface area contributed by atoms with Crippen molar-refractivity contribution in [1.82, 2.24) is 0 Å². The van der Waals surface area contributed by atoms with Gasteiger partial charge in [0.1, 0.15) is 10.8 Å². The highest BCUT2D eigenvalue weighted by atomic mass is 35.5. The standard InChI is InChI=1S/C17H17ClN2OS2/c1-10-15(11(2)21)16(12-6-4-5-7-14(12)18)13(8-19)17(20-10)23-9-22-3/h4-7,15-16H,9H2,1-3H3/t15?,16-/m0/s1. The van der Waals surface area contributed by atoms with Gasteiger partial charge in [-0.2, -0.15) is 17.0 Å². The maximum atomic E-state index is 12.2. The highest BCUT2D eigenvalue weighted by Crippen LogP contribution is 2.44. The number of ketones is 1. The van der Waals surface area contributed by atoms with Gasteiger partial charge in [0.05, 0.1) is 17.6 Å². The number of aliphatic imine (C=N–C) groups is 1. The maximum Gasteiger partial charge on any atom is 0.139 e. The van der Waals surface area contributed by atoms with Gasteiger partial charge in [-0.1, -0.05) is 41.6 Å². The first-order valence-electron chi connectivity index (χ1n) is 7.07. The van der Waals surface area contributed by atoms with Gasteiger partial charge in [-0.25, -0.2) is 4.99 Å². The number of hydrogen-bond acceptors (Lipinski definition) is 5. The van der Waals surface area contributed by atoms with Gasteiger partial charge in [-0.05, 0) is 31.7 Å². The van der Waals surface area contributed by atoms with Crippen LogP contribution in [-0.4, -0.2) is 22.8 Å². The molecule has 23 heavy (non-hydrogen) atoms. The zero-order chi connectivity index (χ0) is 17.0. The number of benzene rings is 1. The molecule has 1 aliphatic rings. The summed E-state index contributed by atoms with van der Waals surface area (Å²) in [7, 11) is 0. The van der Waals surface area contributed by atoms with Gasteiger partial charge >= 0.3 is 0 Å². The molecule has 2 rings (SSSR count). The molecule has 1 aliphatic heterocycles. The van der Waals surface area contributed by atoms with Crippen LogP contribution < -0.4 is 0 Å². The first kappa shape index (κ1) is 18.1. The molecule has 120 valence electrons. The summed E-state index contributed by atoms with van der Waals surface area (Å²) in [5.41, 5.74) is 2.08. The Hall–Kier alpha value is -1.22. The van der Waals surface area contributed by atoms with Crippen LogP contribution in [0.3, 0.4) is 0 Å². The first-order chi connectivity index (χ1) is 11.0. The minimum atomic E-state index is -0.442. The van der Waals surface area contributed by atoms with Gasteiger partial charge < -0.3 is 0 Å². The average Bonchev–Trinajstić information content (AvgIpc) is 2.52. The van der Waals surface area contributed by atoms with E-state index in [1.165, 1.54) is 11.8 Å². The third-order valence-corrected chi connectivity index (χ3v) is 6.06. The lowest BCUT2D eigenvalue weighted by Gasteiger charge is -2.30. The third-order valence-electron chi connectivity index (χ3n) is 3.71. The van der Waals surface area contributed by atoms with E-state index < -0.39 is 5.92 Å². The molecular formula is C17H17ClN2OS2. The Morgan fingerprint density at radius 2 is 2.13 bits per heavy atom. The lowest BCUT2D eigenvalue weighted by Crippen LogP contribution is -2.31. The Kier molecular flexibility index (Phi) is 6.34. The van der Waals surface area contributed by atoms with Crippen molar-refractivity contribution >= 4 is 46.6 Å². The van der Waals surface area contributed by atoms with E-state index in [1.54, 1.807) is 24.8 Å². The Morgan fingerprint density at radius 3 is 2.70 bits per heavy atom. The minimum absolute atomic E-state index is 0.00200. The molecule has 0 N–H and O–H groups in total. The number of carbonyl (C=O) groups excluding carboxylic acids is 1. The summed E-state index contributed by atoms with van der Waals surface area (Å²) >= 11 is 9.56. The van der Waals surface area contributed by atoms with E-state index in [4.69, 9.17) is 11.6 Å². The summed E-state index contributed by atoms with van der Waals surface area (Å²) in [6.45, 7) is 3.40. The number of hydrogen-bond donors (Lipinski definition) is 0. The van der Waals surface area contributed by atoms with Crippen LogP contribution in [-0.2, 0) is 4.79 Å². The van der Waals surface area contributed by atoms with Gasteiger partial charge in [0, 0.05) is 21.7 Å². The summed E-state index contributed by atoms with van der Waals surface area (Å²) in [6, 6.07) is 9.67. The molecule has 0 spiro atoms. The Bertz CT molecular complexity index is 722. The van der Waals surface area contributed by atoms with Crippen LogP contribution in [0.1, 0.15) is 25.3 Å². The zero-order valence-electron chi connectivity index (χ0n) is 13.2. The topological polar surface area (TPSA) is 53.2 Å². The smallest absolute Gasteiger partial charge is 0.139 e. The lowest BCUT2D eigenvalue weighted by atomic mass is 9.75. The number of allylic oxidation sites excluding steroid dienone is 1. The van der Waals surface area contributed by atoms with E-state index in [2.05, 4.69) is 11.1 Å². The molecule has 3 nitrogen and oxygen atoms in total. The van der Waals surface area contributed by atoms with E-state index in [9.17, 15) is 10.1 Å². The largest absolute Gasteiger partial charge is 0.299 e. The van der Waals surface area contributed by atoms with E-state index in [0.717, 1.165) is 16.4 Å². The van der Waals surface area contributed by atoms with Crippen molar-refractivity contribution in [2.45, 2.75) is 19.8 Å². The fourth-order valence-electron chi connectivity index (χ4n) is 2.76. The van der Waals surface area contributed by atoms with Gasteiger partial charge in [-0.3, -0.25) is 4.79 Å². The van der Waals surface area contributed by atoms with E-state index in [1.807, 2.05) is 31.4 Å². The molecule has 0 fully saturated rings. The zero-order valence-corrected chi connectivity index (χ0v) is 15.6. The number of carbonyl (C=O) groups is 1. The SMILES string of the molecule is CSCSC1=C(C#N)[C@H](c2ccccc2Cl)C(C(C)=O)C(C)=N1.